The largest absolute Gasteiger partial charge is 0.469 e. The van der Waals surface area contributed by atoms with Crippen molar-refractivity contribution in [3.8, 4) is 6.07 Å². The molecule has 0 unspecified atom stereocenters. The molecule has 5 nitrogen and oxygen atoms in total. The lowest BCUT2D eigenvalue weighted by Gasteiger charge is -1.99. The molecule has 1 rings (SSSR count). The predicted octanol–water partition coefficient (Wildman–Crippen LogP) is 2.33. The first-order valence-corrected chi connectivity index (χ1v) is 6.16. The molecule has 110 valence electrons. The van der Waals surface area contributed by atoms with Crippen LogP contribution >= 0.6 is 0 Å². The molecule has 0 aliphatic rings. The molecule has 0 bridgehead atoms. The van der Waals surface area contributed by atoms with Crippen LogP contribution in [0, 0.1) is 11.3 Å². The second-order valence-electron chi connectivity index (χ2n) is 4.10. The highest BCUT2D eigenvalue weighted by atomic mass is 19.1. The quantitative estimate of drug-likeness (QED) is 0.642. The zero-order valence-electron chi connectivity index (χ0n) is 11.8. The van der Waals surface area contributed by atoms with Gasteiger partial charge in [0.15, 0.2) is 0 Å². The van der Waals surface area contributed by atoms with Gasteiger partial charge in [-0.05, 0) is 30.7 Å². The van der Waals surface area contributed by atoms with Crippen molar-refractivity contribution in [1.82, 2.24) is 4.98 Å². The number of methoxy groups -OCH3 is 1. The number of rotatable bonds is 5. The molecule has 0 fully saturated rings. The molecular formula is C15H16FN3O2. The number of esters is 1. The number of H-pyrrole nitrogens is 1. The summed E-state index contributed by atoms with van der Waals surface area (Å²) in [5.74, 6) is -1.07. The fraction of sp³-hybridized carbons (Fsp3) is 0.200. The van der Waals surface area contributed by atoms with Crippen molar-refractivity contribution >= 4 is 12.0 Å². The minimum absolute atomic E-state index is 0.00989. The third-order valence-electron chi connectivity index (χ3n) is 2.70. The zero-order chi connectivity index (χ0) is 15.8. The van der Waals surface area contributed by atoms with E-state index in [4.69, 9.17) is 11.0 Å². The first kappa shape index (κ1) is 16.2. The second kappa shape index (κ2) is 7.70. The van der Waals surface area contributed by atoms with Crippen LogP contribution in [-0.2, 0) is 16.0 Å². The Morgan fingerprint density at radius 2 is 2.29 bits per heavy atom. The highest BCUT2D eigenvalue weighted by Gasteiger charge is 2.12. The first-order valence-electron chi connectivity index (χ1n) is 6.16. The minimum Gasteiger partial charge on any atom is -0.469 e. The van der Waals surface area contributed by atoms with Crippen molar-refractivity contribution in [2.45, 2.75) is 13.3 Å². The molecule has 1 heterocycles. The van der Waals surface area contributed by atoms with Gasteiger partial charge in [-0.3, -0.25) is 4.79 Å². The summed E-state index contributed by atoms with van der Waals surface area (Å²) in [6.07, 6.45) is 7.11. The smallest absolute Gasteiger partial charge is 0.310 e. The van der Waals surface area contributed by atoms with E-state index in [0.29, 0.717) is 11.1 Å². The van der Waals surface area contributed by atoms with Crippen LogP contribution < -0.4 is 5.73 Å². The fourth-order valence-corrected chi connectivity index (χ4v) is 1.64. The van der Waals surface area contributed by atoms with Crippen molar-refractivity contribution in [3.63, 3.8) is 0 Å². The number of halogens is 1. The number of nitriles is 1. The number of nitrogens with two attached hydrogens (primary N) is 1. The monoisotopic (exact) mass is 289 g/mol. The van der Waals surface area contributed by atoms with E-state index in [1.807, 2.05) is 6.07 Å². The number of aromatic nitrogens is 1. The highest BCUT2D eigenvalue weighted by molar-refractivity contribution is 5.75. The van der Waals surface area contributed by atoms with Crippen molar-refractivity contribution in [2.75, 3.05) is 7.11 Å². The Bertz CT molecular complexity index is 648. The van der Waals surface area contributed by atoms with Crippen molar-refractivity contribution in [1.29, 1.82) is 5.26 Å². The summed E-state index contributed by atoms with van der Waals surface area (Å²) in [5, 5.41) is 9.01. The third-order valence-corrected chi connectivity index (χ3v) is 2.70. The number of aromatic amines is 1. The summed E-state index contributed by atoms with van der Waals surface area (Å²) in [5.41, 5.74) is 6.70. The Balaban J connectivity index is 3.12. The fourth-order valence-electron chi connectivity index (χ4n) is 1.64. The van der Waals surface area contributed by atoms with Gasteiger partial charge in [0.05, 0.1) is 19.2 Å². The van der Waals surface area contributed by atoms with Crippen LogP contribution in [0.25, 0.3) is 6.08 Å². The molecule has 0 radical (unpaired) electrons. The number of carbonyl (C=O) groups is 1. The van der Waals surface area contributed by atoms with E-state index in [2.05, 4.69) is 9.72 Å². The van der Waals surface area contributed by atoms with Gasteiger partial charge >= 0.3 is 5.97 Å². The maximum Gasteiger partial charge on any atom is 0.310 e. The molecule has 0 atom stereocenters. The molecule has 21 heavy (non-hydrogen) atoms. The lowest BCUT2D eigenvalue weighted by atomic mass is 10.1. The zero-order valence-corrected chi connectivity index (χ0v) is 11.8. The lowest BCUT2D eigenvalue weighted by molar-refractivity contribution is -0.139. The number of allylic oxidation sites excluding steroid dienone is 4. The Kier molecular flexibility index (Phi) is 5.96. The lowest BCUT2D eigenvalue weighted by Crippen LogP contribution is -2.04. The van der Waals surface area contributed by atoms with Gasteiger partial charge in [-0.1, -0.05) is 6.08 Å². The molecule has 3 N–H and O–H groups in total. The maximum absolute atomic E-state index is 13.7. The van der Waals surface area contributed by atoms with Crippen LogP contribution in [-0.4, -0.2) is 18.1 Å². The van der Waals surface area contributed by atoms with Crippen molar-refractivity contribution in [2.24, 2.45) is 5.73 Å². The van der Waals surface area contributed by atoms with Crippen LogP contribution in [0.15, 0.2) is 35.9 Å². The van der Waals surface area contributed by atoms with Crippen molar-refractivity contribution < 1.29 is 13.9 Å². The maximum atomic E-state index is 13.7. The topological polar surface area (TPSA) is 91.9 Å². The van der Waals surface area contributed by atoms with Gasteiger partial charge < -0.3 is 15.5 Å². The Morgan fingerprint density at radius 1 is 1.57 bits per heavy atom. The SMILES string of the molecule is C\C=C/C(N)=C(F)\C=C\c1c(CC(=O)OC)c[nH]c1C#N. The van der Waals surface area contributed by atoms with E-state index in [1.54, 1.807) is 13.0 Å². The molecule has 0 aromatic carbocycles. The second-order valence-corrected chi connectivity index (χ2v) is 4.10. The summed E-state index contributed by atoms with van der Waals surface area (Å²) in [6.45, 7) is 1.72. The highest BCUT2D eigenvalue weighted by Crippen LogP contribution is 2.18. The molecule has 0 amide bonds. The Hall–Kier alpha value is -2.81. The average Bonchev–Trinajstić information content (AvgIpc) is 2.86. The summed E-state index contributed by atoms with van der Waals surface area (Å²) in [7, 11) is 1.27. The van der Waals surface area contributed by atoms with Crippen LogP contribution in [0.4, 0.5) is 4.39 Å². The van der Waals surface area contributed by atoms with Crippen LogP contribution in [0.5, 0.6) is 0 Å². The van der Waals surface area contributed by atoms with Gasteiger partial charge in [0, 0.05) is 11.8 Å². The molecule has 0 aliphatic carbocycles. The molecule has 0 saturated carbocycles. The Labute approximate surface area is 122 Å². The standard InChI is InChI=1S/C15H16FN3O2/c1-3-4-13(18)12(16)6-5-11-10(7-15(20)21-2)9-19-14(11)8-17/h3-6,9,19H,7,18H2,1-2H3/b4-3-,6-5+,13-12-. The molecule has 1 aromatic heterocycles. The number of hydrogen-bond acceptors (Lipinski definition) is 4. The van der Waals surface area contributed by atoms with Crippen LogP contribution in [0.3, 0.4) is 0 Å². The molecule has 0 aliphatic heterocycles. The number of hydrogen-bond donors (Lipinski definition) is 2. The number of ether oxygens (including phenoxy) is 1. The predicted molar refractivity (Wildman–Crippen MR) is 77.4 cm³/mol. The summed E-state index contributed by atoms with van der Waals surface area (Å²) >= 11 is 0. The number of nitrogens with zero attached hydrogens (tertiary/aromatic N) is 1. The van der Waals surface area contributed by atoms with Gasteiger partial charge in [0.1, 0.15) is 17.6 Å². The third kappa shape index (κ3) is 4.35. The average molecular weight is 289 g/mol. The number of nitrogens with one attached hydrogen (secondary N) is 1. The summed E-state index contributed by atoms with van der Waals surface area (Å²) in [6, 6.07) is 1.94. The molecule has 1 aromatic rings. The van der Waals surface area contributed by atoms with Crippen LogP contribution in [0.2, 0.25) is 0 Å². The Morgan fingerprint density at radius 3 is 2.86 bits per heavy atom. The first-order chi connectivity index (χ1) is 10.0. The van der Waals surface area contributed by atoms with Gasteiger partial charge in [0.25, 0.3) is 0 Å². The van der Waals surface area contributed by atoms with Crippen molar-refractivity contribution in [3.05, 3.63) is 52.8 Å². The van der Waals surface area contributed by atoms with Gasteiger partial charge in [0.2, 0.25) is 0 Å². The molecular weight excluding hydrogens is 273 g/mol. The summed E-state index contributed by atoms with van der Waals surface area (Å²) in [4.78, 5) is 14.0. The van der Waals surface area contributed by atoms with Gasteiger partial charge in [-0.2, -0.15) is 5.26 Å². The van der Waals surface area contributed by atoms with Gasteiger partial charge in [-0.15, -0.1) is 0 Å². The van der Waals surface area contributed by atoms with Crippen LogP contribution in [0.1, 0.15) is 23.7 Å². The van der Waals surface area contributed by atoms with E-state index < -0.39 is 11.8 Å². The molecule has 0 spiro atoms. The van der Waals surface area contributed by atoms with Gasteiger partial charge in [-0.25, -0.2) is 4.39 Å². The van der Waals surface area contributed by atoms with E-state index in [1.165, 1.54) is 25.5 Å². The van der Waals surface area contributed by atoms with E-state index in [0.717, 1.165) is 6.08 Å². The normalized spacial score (nSPS) is 12.5. The molecule has 0 saturated heterocycles. The van der Waals surface area contributed by atoms with E-state index in [-0.39, 0.29) is 17.8 Å². The summed E-state index contributed by atoms with van der Waals surface area (Å²) < 4.78 is 18.3. The van der Waals surface area contributed by atoms with E-state index >= 15 is 0 Å². The molecule has 6 heteroatoms. The minimum atomic E-state index is -0.623. The number of carbonyl (C=O) groups excluding carboxylic acids is 1. The van der Waals surface area contributed by atoms with E-state index in [9.17, 15) is 9.18 Å².